The van der Waals surface area contributed by atoms with Crippen LogP contribution in [0.5, 0.6) is 0 Å². The molecule has 0 aliphatic carbocycles. The molecule has 0 radical (unpaired) electrons. The number of nitrogens with zero attached hydrogens (tertiary/aromatic N) is 2. The Morgan fingerprint density at radius 2 is 2.07 bits per heavy atom. The van der Waals surface area contributed by atoms with Crippen LogP contribution in [0.3, 0.4) is 0 Å². The Morgan fingerprint density at radius 1 is 1.33 bits per heavy atom. The minimum absolute atomic E-state index is 0.647. The Hall–Kier alpha value is -0.590. The molecular formula is C12H25N3. The van der Waals surface area contributed by atoms with Gasteiger partial charge in [0, 0.05) is 19.5 Å². The largest absolute Gasteiger partial charge is 0.317 e. The van der Waals surface area contributed by atoms with Gasteiger partial charge < -0.3 is 10.2 Å². The predicted octanol–water partition coefficient (Wildman–Crippen LogP) is 1.86. The predicted molar refractivity (Wildman–Crippen MR) is 64.7 cm³/mol. The number of nitrogens with one attached hydrogen (secondary N) is 1. The molecule has 0 atom stereocenters. The number of rotatable bonds is 9. The summed E-state index contributed by atoms with van der Waals surface area (Å²) in [4.78, 5) is 2.39. The Morgan fingerprint density at radius 3 is 2.60 bits per heavy atom. The minimum Gasteiger partial charge on any atom is -0.317 e. The lowest BCUT2D eigenvalue weighted by Gasteiger charge is -2.23. The van der Waals surface area contributed by atoms with E-state index in [0.717, 1.165) is 32.7 Å². The van der Waals surface area contributed by atoms with Gasteiger partial charge in [0.25, 0.3) is 0 Å². The van der Waals surface area contributed by atoms with E-state index in [1.807, 2.05) is 0 Å². The summed E-state index contributed by atoms with van der Waals surface area (Å²) >= 11 is 0. The second-order valence-corrected chi connectivity index (χ2v) is 4.31. The van der Waals surface area contributed by atoms with Crippen molar-refractivity contribution in [1.29, 1.82) is 5.26 Å². The topological polar surface area (TPSA) is 39.1 Å². The summed E-state index contributed by atoms with van der Waals surface area (Å²) in [5, 5.41) is 11.9. The molecule has 0 spiro atoms. The molecule has 0 unspecified atom stereocenters. The van der Waals surface area contributed by atoms with Gasteiger partial charge in [-0.05, 0) is 32.0 Å². The first-order valence-corrected chi connectivity index (χ1v) is 6.00. The lowest BCUT2D eigenvalue weighted by Crippen LogP contribution is -2.31. The van der Waals surface area contributed by atoms with Crippen molar-refractivity contribution in [3.05, 3.63) is 0 Å². The molecule has 88 valence electrons. The van der Waals surface area contributed by atoms with Gasteiger partial charge in [0.05, 0.1) is 6.07 Å². The van der Waals surface area contributed by atoms with Crippen molar-refractivity contribution in [3.8, 4) is 6.07 Å². The lowest BCUT2D eigenvalue weighted by molar-refractivity contribution is 0.246. The van der Waals surface area contributed by atoms with Crippen molar-refractivity contribution < 1.29 is 0 Å². The second-order valence-electron chi connectivity index (χ2n) is 4.31. The van der Waals surface area contributed by atoms with E-state index in [4.69, 9.17) is 5.26 Å². The monoisotopic (exact) mass is 211 g/mol. The van der Waals surface area contributed by atoms with Crippen molar-refractivity contribution in [1.82, 2.24) is 10.2 Å². The van der Waals surface area contributed by atoms with Crippen LogP contribution in [0.2, 0.25) is 0 Å². The van der Waals surface area contributed by atoms with Crippen LogP contribution in [-0.4, -0.2) is 37.6 Å². The molecule has 0 fully saturated rings. The molecule has 3 nitrogen and oxygen atoms in total. The summed E-state index contributed by atoms with van der Waals surface area (Å²) in [7, 11) is 0. The fourth-order valence-corrected chi connectivity index (χ4v) is 1.62. The fraction of sp³-hybridized carbons (Fsp3) is 0.917. The molecule has 0 aromatic carbocycles. The molecule has 15 heavy (non-hydrogen) atoms. The van der Waals surface area contributed by atoms with E-state index in [0.29, 0.717) is 12.3 Å². The first kappa shape index (κ1) is 14.4. The molecule has 0 saturated heterocycles. The first-order valence-electron chi connectivity index (χ1n) is 6.00. The lowest BCUT2D eigenvalue weighted by atomic mass is 10.2. The van der Waals surface area contributed by atoms with Crippen LogP contribution in [0.1, 0.15) is 33.6 Å². The van der Waals surface area contributed by atoms with Crippen LogP contribution in [-0.2, 0) is 0 Å². The van der Waals surface area contributed by atoms with Crippen LogP contribution >= 0.6 is 0 Å². The van der Waals surface area contributed by atoms with E-state index in [-0.39, 0.29) is 0 Å². The Kier molecular flexibility index (Phi) is 9.55. The summed E-state index contributed by atoms with van der Waals surface area (Å²) in [6, 6.07) is 2.22. The quantitative estimate of drug-likeness (QED) is 0.592. The summed E-state index contributed by atoms with van der Waals surface area (Å²) in [5.74, 6) is 0.683. The maximum absolute atomic E-state index is 8.57. The van der Waals surface area contributed by atoms with E-state index in [1.165, 1.54) is 6.42 Å². The molecule has 0 aromatic heterocycles. The van der Waals surface area contributed by atoms with Crippen molar-refractivity contribution >= 4 is 0 Å². The van der Waals surface area contributed by atoms with E-state index < -0.39 is 0 Å². The molecular weight excluding hydrogens is 186 g/mol. The van der Waals surface area contributed by atoms with Crippen LogP contribution in [0.4, 0.5) is 0 Å². The van der Waals surface area contributed by atoms with Crippen LogP contribution in [0.15, 0.2) is 0 Å². The highest BCUT2D eigenvalue weighted by atomic mass is 15.1. The van der Waals surface area contributed by atoms with Gasteiger partial charge in [-0.2, -0.15) is 5.26 Å². The summed E-state index contributed by atoms with van der Waals surface area (Å²) in [6.07, 6.45) is 1.82. The van der Waals surface area contributed by atoms with Gasteiger partial charge in [-0.3, -0.25) is 0 Å². The molecule has 0 aliphatic heterocycles. The number of hydrogen-bond acceptors (Lipinski definition) is 3. The van der Waals surface area contributed by atoms with Gasteiger partial charge in [-0.25, -0.2) is 0 Å². The average molecular weight is 211 g/mol. The first-order chi connectivity index (χ1) is 7.20. The highest BCUT2D eigenvalue weighted by molar-refractivity contribution is 4.73. The van der Waals surface area contributed by atoms with E-state index in [9.17, 15) is 0 Å². The molecule has 0 aromatic rings. The molecule has 0 bridgehead atoms. The molecule has 3 heteroatoms. The third kappa shape index (κ3) is 9.71. The molecule has 1 N–H and O–H groups in total. The molecule has 0 heterocycles. The smallest absolute Gasteiger partial charge is 0.0635 e. The maximum atomic E-state index is 8.57. The minimum atomic E-state index is 0.647. The Balaban J connectivity index is 3.65. The van der Waals surface area contributed by atoms with Crippen molar-refractivity contribution in [3.63, 3.8) is 0 Å². The Labute approximate surface area is 94.5 Å². The van der Waals surface area contributed by atoms with Crippen molar-refractivity contribution in [2.75, 3.05) is 32.7 Å². The zero-order valence-corrected chi connectivity index (χ0v) is 10.4. The highest BCUT2D eigenvalue weighted by Gasteiger charge is 2.06. The van der Waals surface area contributed by atoms with Crippen LogP contribution in [0, 0.1) is 17.2 Å². The molecule has 0 amide bonds. The normalized spacial score (nSPS) is 10.9. The fourth-order valence-electron chi connectivity index (χ4n) is 1.62. The SMILES string of the molecule is CCNCCCN(CCC#N)CC(C)C. The van der Waals surface area contributed by atoms with E-state index in [2.05, 4.69) is 37.1 Å². The molecule has 0 aliphatic rings. The Bertz CT molecular complexity index is 172. The maximum Gasteiger partial charge on any atom is 0.0635 e. The van der Waals surface area contributed by atoms with Crippen molar-refractivity contribution in [2.45, 2.75) is 33.6 Å². The summed E-state index contributed by atoms with van der Waals surface area (Å²) < 4.78 is 0. The standard InChI is InChI=1S/C12H25N3/c1-4-14-8-6-10-15(9-5-7-13)11-12(2)3/h12,14H,4-6,8-11H2,1-3H3. The average Bonchev–Trinajstić information content (AvgIpc) is 2.19. The third-order valence-corrected chi connectivity index (χ3v) is 2.24. The zero-order valence-electron chi connectivity index (χ0n) is 10.4. The summed E-state index contributed by atoms with van der Waals surface area (Å²) in [6.45, 7) is 11.8. The van der Waals surface area contributed by atoms with Crippen molar-refractivity contribution in [2.24, 2.45) is 5.92 Å². The van der Waals surface area contributed by atoms with Gasteiger partial charge >= 0.3 is 0 Å². The molecule has 0 saturated carbocycles. The summed E-state index contributed by atoms with van der Waals surface area (Å²) in [5.41, 5.74) is 0. The van der Waals surface area contributed by atoms with Gasteiger partial charge in [-0.1, -0.05) is 20.8 Å². The number of hydrogen-bond donors (Lipinski definition) is 1. The van der Waals surface area contributed by atoms with Gasteiger partial charge in [-0.15, -0.1) is 0 Å². The van der Waals surface area contributed by atoms with Gasteiger partial charge in [0.2, 0.25) is 0 Å². The van der Waals surface area contributed by atoms with Crippen LogP contribution < -0.4 is 5.32 Å². The van der Waals surface area contributed by atoms with E-state index in [1.54, 1.807) is 0 Å². The van der Waals surface area contributed by atoms with Crippen LogP contribution in [0.25, 0.3) is 0 Å². The van der Waals surface area contributed by atoms with E-state index >= 15 is 0 Å². The third-order valence-electron chi connectivity index (χ3n) is 2.24. The second kappa shape index (κ2) is 9.95. The molecule has 0 rings (SSSR count). The highest BCUT2D eigenvalue weighted by Crippen LogP contribution is 2.00. The van der Waals surface area contributed by atoms with Gasteiger partial charge in [0.1, 0.15) is 0 Å². The number of nitriles is 1. The van der Waals surface area contributed by atoms with Gasteiger partial charge in [0.15, 0.2) is 0 Å². The zero-order chi connectivity index (χ0) is 11.5.